The SMILES string of the molecule is CC(C)CCCCCCCCCCCCCCCCCCCCCCCI. The van der Waals surface area contributed by atoms with Crippen molar-refractivity contribution in [3.05, 3.63) is 0 Å². The van der Waals surface area contributed by atoms with Gasteiger partial charge in [-0.1, -0.05) is 171 Å². The molecule has 0 nitrogen and oxygen atoms in total. The minimum Gasteiger partial charge on any atom is -0.0864 e. The summed E-state index contributed by atoms with van der Waals surface area (Å²) in [5.41, 5.74) is 0. The molecule has 0 bridgehead atoms. The summed E-state index contributed by atoms with van der Waals surface area (Å²) in [6.45, 7) is 4.69. The Balaban J connectivity index is 2.97. The van der Waals surface area contributed by atoms with Gasteiger partial charge in [-0.05, 0) is 16.8 Å². The standard InChI is InChI=1S/C26H53I/c1-26(2)24-22-20-18-16-14-12-10-8-6-4-3-5-7-9-11-13-15-17-19-21-23-25-27/h26H,3-25H2,1-2H3. The van der Waals surface area contributed by atoms with Crippen LogP contribution < -0.4 is 0 Å². The van der Waals surface area contributed by atoms with Gasteiger partial charge in [0.15, 0.2) is 0 Å². The first kappa shape index (κ1) is 27.7. The lowest BCUT2D eigenvalue weighted by molar-refractivity contribution is 0.501. The highest BCUT2D eigenvalue weighted by Gasteiger charge is 1.96. The second-order valence-electron chi connectivity index (χ2n) is 9.30. The first-order valence-electron chi connectivity index (χ1n) is 12.8. The maximum atomic E-state index is 2.50. The fraction of sp³-hybridized carbons (Fsp3) is 1.00. The second-order valence-corrected chi connectivity index (χ2v) is 10.4. The van der Waals surface area contributed by atoms with Crippen LogP contribution in [0.1, 0.15) is 155 Å². The number of alkyl halides is 1. The summed E-state index contributed by atoms with van der Waals surface area (Å²) in [6.07, 6.45) is 32.5. The predicted octanol–water partition coefficient (Wildman–Crippen LogP) is 10.7. The minimum absolute atomic E-state index is 0.898. The molecule has 0 amide bonds. The lowest BCUT2D eigenvalue weighted by Gasteiger charge is -2.05. The molecule has 0 aromatic rings. The molecular weight excluding hydrogens is 439 g/mol. The molecule has 0 aliphatic carbocycles. The molecular formula is C26H53I. The van der Waals surface area contributed by atoms with Crippen molar-refractivity contribution in [1.82, 2.24) is 0 Å². The normalized spacial score (nSPS) is 11.6. The molecule has 27 heavy (non-hydrogen) atoms. The van der Waals surface area contributed by atoms with E-state index in [4.69, 9.17) is 0 Å². The van der Waals surface area contributed by atoms with Gasteiger partial charge in [-0.15, -0.1) is 0 Å². The van der Waals surface area contributed by atoms with Gasteiger partial charge in [0.1, 0.15) is 0 Å². The van der Waals surface area contributed by atoms with E-state index >= 15 is 0 Å². The molecule has 0 aliphatic heterocycles. The highest BCUT2D eigenvalue weighted by Crippen LogP contribution is 2.15. The first-order chi connectivity index (χ1) is 13.3. The maximum Gasteiger partial charge on any atom is -0.000473 e. The fourth-order valence-corrected chi connectivity index (χ4v) is 4.55. The smallest absolute Gasteiger partial charge is 0.000473 e. The zero-order chi connectivity index (χ0) is 19.8. The highest BCUT2D eigenvalue weighted by atomic mass is 127. The van der Waals surface area contributed by atoms with E-state index in [9.17, 15) is 0 Å². The Labute approximate surface area is 187 Å². The molecule has 0 radical (unpaired) electrons. The third kappa shape index (κ3) is 26.7. The van der Waals surface area contributed by atoms with Gasteiger partial charge in [-0.3, -0.25) is 0 Å². The van der Waals surface area contributed by atoms with Gasteiger partial charge in [-0.2, -0.15) is 0 Å². The third-order valence-corrected chi connectivity index (χ3v) is 6.68. The van der Waals surface area contributed by atoms with Crippen LogP contribution in [0.5, 0.6) is 0 Å². The number of hydrogen-bond acceptors (Lipinski definition) is 0. The van der Waals surface area contributed by atoms with Crippen molar-refractivity contribution in [3.8, 4) is 0 Å². The summed E-state index contributed by atoms with van der Waals surface area (Å²) >= 11 is 2.50. The lowest BCUT2D eigenvalue weighted by Crippen LogP contribution is -1.87. The largest absolute Gasteiger partial charge is 0.0864 e. The van der Waals surface area contributed by atoms with Crippen molar-refractivity contribution < 1.29 is 0 Å². The van der Waals surface area contributed by atoms with Crippen LogP contribution in [0.25, 0.3) is 0 Å². The Kier molecular flexibility index (Phi) is 25.4. The Bertz CT molecular complexity index is 249. The molecule has 0 N–H and O–H groups in total. The van der Waals surface area contributed by atoms with Gasteiger partial charge in [0, 0.05) is 0 Å². The van der Waals surface area contributed by atoms with Gasteiger partial charge in [-0.25, -0.2) is 0 Å². The molecule has 1 heteroatoms. The number of halogens is 1. The number of rotatable bonds is 23. The molecule has 0 fully saturated rings. The van der Waals surface area contributed by atoms with E-state index in [1.165, 1.54) is 146 Å². The summed E-state index contributed by atoms with van der Waals surface area (Å²) < 4.78 is 1.34. The van der Waals surface area contributed by atoms with Gasteiger partial charge >= 0.3 is 0 Å². The molecule has 0 aromatic carbocycles. The molecule has 0 aliphatic rings. The molecule has 0 heterocycles. The van der Waals surface area contributed by atoms with Gasteiger partial charge < -0.3 is 0 Å². The van der Waals surface area contributed by atoms with Crippen molar-refractivity contribution in [2.24, 2.45) is 5.92 Å². The molecule has 0 saturated heterocycles. The van der Waals surface area contributed by atoms with E-state index in [2.05, 4.69) is 36.4 Å². The molecule has 0 rings (SSSR count). The van der Waals surface area contributed by atoms with E-state index in [0.717, 1.165) is 5.92 Å². The van der Waals surface area contributed by atoms with E-state index in [1.54, 1.807) is 0 Å². The Hall–Kier alpha value is 0.730. The molecule has 0 atom stereocenters. The number of unbranched alkanes of at least 4 members (excludes halogenated alkanes) is 20. The van der Waals surface area contributed by atoms with Crippen LogP contribution in [-0.2, 0) is 0 Å². The zero-order valence-corrected chi connectivity index (χ0v) is 21.4. The Morgan fingerprint density at radius 1 is 0.370 bits per heavy atom. The summed E-state index contributed by atoms with van der Waals surface area (Å²) in [7, 11) is 0. The third-order valence-electron chi connectivity index (χ3n) is 5.92. The topological polar surface area (TPSA) is 0 Å². The highest BCUT2D eigenvalue weighted by molar-refractivity contribution is 14.1. The van der Waals surface area contributed by atoms with Crippen molar-refractivity contribution in [2.45, 2.75) is 155 Å². The maximum absolute atomic E-state index is 2.50. The molecule has 0 unspecified atom stereocenters. The summed E-state index contributed by atoms with van der Waals surface area (Å²) in [4.78, 5) is 0. The van der Waals surface area contributed by atoms with Crippen molar-refractivity contribution in [2.75, 3.05) is 4.43 Å². The van der Waals surface area contributed by atoms with Crippen LogP contribution in [0.15, 0.2) is 0 Å². The van der Waals surface area contributed by atoms with E-state index in [1.807, 2.05) is 0 Å². The van der Waals surface area contributed by atoms with Crippen LogP contribution in [0.2, 0.25) is 0 Å². The Morgan fingerprint density at radius 2 is 0.593 bits per heavy atom. The summed E-state index contributed by atoms with van der Waals surface area (Å²) in [5, 5.41) is 0. The molecule has 0 spiro atoms. The average Bonchev–Trinajstić information content (AvgIpc) is 2.65. The van der Waals surface area contributed by atoms with E-state index in [0.29, 0.717) is 0 Å². The van der Waals surface area contributed by atoms with Crippen molar-refractivity contribution >= 4 is 22.6 Å². The average molecular weight is 493 g/mol. The van der Waals surface area contributed by atoms with Crippen LogP contribution >= 0.6 is 22.6 Å². The molecule has 0 saturated carbocycles. The van der Waals surface area contributed by atoms with E-state index in [-0.39, 0.29) is 0 Å². The molecule has 164 valence electrons. The predicted molar refractivity (Wildman–Crippen MR) is 135 cm³/mol. The molecule has 0 aromatic heterocycles. The van der Waals surface area contributed by atoms with Gasteiger partial charge in [0.05, 0.1) is 0 Å². The summed E-state index contributed by atoms with van der Waals surface area (Å²) in [5.74, 6) is 0.898. The first-order valence-corrected chi connectivity index (χ1v) is 14.4. The van der Waals surface area contributed by atoms with Gasteiger partial charge in [0.2, 0.25) is 0 Å². The van der Waals surface area contributed by atoms with E-state index < -0.39 is 0 Å². The van der Waals surface area contributed by atoms with Crippen LogP contribution in [0, 0.1) is 5.92 Å². The van der Waals surface area contributed by atoms with Crippen LogP contribution in [0.4, 0.5) is 0 Å². The van der Waals surface area contributed by atoms with Crippen molar-refractivity contribution in [1.29, 1.82) is 0 Å². The van der Waals surface area contributed by atoms with Crippen molar-refractivity contribution in [3.63, 3.8) is 0 Å². The fourth-order valence-electron chi connectivity index (χ4n) is 4.01. The van der Waals surface area contributed by atoms with Crippen LogP contribution in [-0.4, -0.2) is 4.43 Å². The summed E-state index contributed by atoms with van der Waals surface area (Å²) in [6, 6.07) is 0. The van der Waals surface area contributed by atoms with Crippen LogP contribution in [0.3, 0.4) is 0 Å². The second kappa shape index (κ2) is 24.8. The monoisotopic (exact) mass is 492 g/mol. The zero-order valence-electron chi connectivity index (χ0n) is 19.2. The lowest BCUT2D eigenvalue weighted by atomic mass is 10.0. The Morgan fingerprint density at radius 3 is 0.815 bits per heavy atom. The minimum atomic E-state index is 0.898. The number of hydrogen-bond donors (Lipinski definition) is 0. The quantitative estimate of drug-likeness (QED) is 0.0756. The van der Waals surface area contributed by atoms with Gasteiger partial charge in [0.25, 0.3) is 0 Å².